The summed E-state index contributed by atoms with van der Waals surface area (Å²) in [5, 5.41) is 13.8. The molecule has 0 amide bonds. The highest BCUT2D eigenvalue weighted by Crippen LogP contribution is 2.35. The SMILES string of the molecule is CCn1ncc(CN2CCC(N3CC(F)(F)C[C@H]3CO)CC2)c1C. The van der Waals surface area contributed by atoms with Gasteiger partial charge in [0, 0.05) is 42.9 Å². The first-order valence-corrected chi connectivity index (χ1v) is 8.91. The lowest BCUT2D eigenvalue weighted by atomic mass is 10.0. The van der Waals surface area contributed by atoms with Crippen molar-refractivity contribution in [1.29, 1.82) is 0 Å². The second-order valence-electron chi connectivity index (χ2n) is 7.15. The number of aryl methyl sites for hydroxylation is 1. The van der Waals surface area contributed by atoms with Gasteiger partial charge in [0.2, 0.25) is 0 Å². The van der Waals surface area contributed by atoms with Crippen LogP contribution in [0.15, 0.2) is 6.20 Å². The Hall–Kier alpha value is -1.05. The summed E-state index contributed by atoms with van der Waals surface area (Å²) in [7, 11) is 0. The van der Waals surface area contributed by atoms with E-state index < -0.39 is 5.92 Å². The standard InChI is InChI=1S/C17H28F2N4O/c1-3-23-13(2)14(9-20-23)10-21-6-4-15(5-7-21)22-12-17(18,19)8-16(22)11-24/h9,15-16,24H,3-8,10-12H2,1-2H3/t16-/m0/s1. The molecule has 1 aromatic heterocycles. The van der Waals surface area contributed by atoms with Crippen LogP contribution in [-0.2, 0) is 13.1 Å². The Labute approximate surface area is 142 Å². The van der Waals surface area contributed by atoms with Gasteiger partial charge in [-0.3, -0.25) is 14.5 Å². The first kappa shape index (κ1) is 17.8. The number of rotatable bonds is 5. The fourth-order valence-corrected chi connectivity index (χ4v) is 4.13. The van der Waals surface area contributed by atoms with Gasteiger partial charge in [-0.2, -0.15) is 5.10 Å². The average Bonchev–Trinajstić information content (AvgIpc) is 3.07. The van der Waals surface area contributed by atoms with Crippen LogP contribution >= 0.6 is 0 Å². The van der Waals surface area contributed by atoms with Crippen molar-refractivity contribution in [2.75, 3.05) is 26.2 Å². The van der Waals surface area contributed by atoms with E-state index >= 15 is 0 Å². The number of nitrogens with zero attached hydrogens (tertiary/aromatic N) is 4. The number of halogens is 2. The molecule has 1 aromatic rings. The number of aromatic nitrogens is 2. The predicted molar refractivity (Wildman–Crippen MR) is 88.1 cm³/mol. The summed E-state index contributed by atoms with van der Waals surface area (Å²) >= 11 is 0. The molecule has 0 spiro atoms. The molecule has 136 valence electrons. The molecule has 2 fully saturated rings. The van der Waals surface area contributed by atoms with E-state index in [0.29, 0.717) is 0 Å². The molecule has 2 aliphatic heterocycles. The molecule has 3 rings (SSSR count). The van der Waals surface area contributed by atoms with Gasteiger partial charge in [0.25, 0.3) is 5.92 Å². The van der Waals surface area contributed by atoms with Gasteiger partial charge in [-0.25, -0.2) is 8.78 Å². The maximum absolute atomic E-state index is 13.7. The number of hydrogen-bond acceptors (Lipinski definition) is 4. The summed E-state index contributed by atoms with van der Waals surface area (Å²) in [6.45, 7) is 7.35. The Balaban J connectivity index is 1.55. The zero-order valence-corrected chi connectivity index (χ0v) is 14.6. The van der Waals surface area contributed by atoms with Crippen LogP contribution in [0.3, 0.4) is 0 Å². The van der Waals surface area contributed by atoms with Gasteiger partial charge in [-0.15, -0.1) is 0 Å². The van der Waals surface area contributed by atoms with E-state index in [1.54, 1.807) is 0 Å². The fourth-order valence-electron chi connectivity index (χ4n) is 4.13. The van der Waals surface area contributed by atoms with E-state index in [1.165, 1.54) is 11.3 Å². The topological polar surface area (TPSA) is 44.5 Å². The summed E-state index contributed by atoms with van der Waals surface area (Å²) in [5.41, 5.74) is 2.45. The second kappa shape index (κ2) is 7.06. The van der Waals surface area contributed by atoms with Gasteiger partial charge in [0.05, 0.1) is 19.3 Å². The lowest BCUT2D eigenvalue weighted by Crippen LogP contribution is -2.47. The number of aliphatic hydroxyl groups excluding tert-OH is 1. The van der Waals surface area contributed by atoms with Crippen LogP contribution < -0.4 is 0 Å². The van der Waals surface area contributed by atoms with E-state index in [2.05, 4.69) is 23.8 Å². The zero-order valence-electron chi connectivity index (χ0n) is 14.6. The molecular formula is C17H28F2N4O. The molecular weight excluding hydrogens is 314 g/mol. The Morgan fingerprint density at radius 1 is 1.33 bits per heavy atom. The molecule has 1 atom stereocenters. The molecule has 2 saturated heterocycles. The third-order valence-electron chi connectivity index (χ3n) is 5.55. The van der Waals surface area contributed by atoms with E-state index in [-0.39, 0.29) is 31.7 Å². The largest absolute Gasteiger partial charge is 0.395 e. The number of alkyl halides is 2. The highest BCUT2D eigenvalue weighted by atomic mass is 19.3. The van der Waals surface area contributed by atoms with Crippen molar-refractivity contribution in [1.82, 2.24) is 19.6 Å². The van der Waals surface area contributed by atoms with Crippen molar-refractivity contribution in [2.24, 2.45) is 0 Å². The van der Waals surface area contributed by atoms with Crippen molar-refractivity contribution in [3.63, 3.8) is 0 Å². The smallest absolute Gasteiger partial charge is 0.262 e. The summed E-state index contributed by atoms with van der Waals surface area (Å²) in [5.74, 6) is -2.66. The van der Waals surface area contributed by atoms with Gasteiger partial charge in [0.15, 0.2) is 0 Å². The highest BCUT2D eigenvalue weighted by Gasteiger charge is 2.47. The fraction of sp³-hybridized carbons (Fsp3) is 0.824. The van der Waals surface area contributed by atoms with E-state index in [9.17, 15) is 13.9 Å². The van der Waals surface area contributed by atoms with Crippen LogP contribution in [0.25, 0.3) is 0 Å². The Kier molecular flexibility index (Phi) is 5.22. The van der Waals surface area contributed by atoms with E-state index in [0.717, 1.165) is 39.0 Å². The molecule has 0 aliphatic carbocycles. The van der Waals surface area contributed by atoms with Crippen LogP contribution in [0.5, 0.6) is 0 Å². The third kappa shape index (κ3) is 3.63. The van der Waals surface area contributed by atoms with Crippen LogP contribution in [0.1, 0.15) is 37.4 Å². The Morgan fingerprint density at radius 2 is 2.04 bits per heavy atom. The molecule has 24 heavy (non-hydrogen) atoms. The molecule has 2 aliphatic rings. The minimum atomic E-state index is -2.66. The summed E-state index contributed by atoms with van der Waals surface area (Å²) in [6.07, 6.45) is 3.49. The molecule has 5 nitrogen and oxygen atoms in total. The number of piperidine rings is 1. The van der Waals surface area contributed by atoms with Crippen molar-refractivity contribution >= 4 is 0 Å². The van der Waals surface area contributed by atoms with Crippen LogP contribution in [-0.4, -0.2) is 68.9 Å². The van der Waals surface area contributed by atoms with Crippen molar-refractivity contribution in [3.8, 4) is 0 Å². The number of hydrogen-bond donors (Lipinski definition) is 1. The zero-order chi connectivity index (χ0) is 17.3. The van der Waals surface area contributed by atoms with Gasteiger partial charge in [0.1, 0.15) is 0 Å². The Morgan fingerprint density at radius 3 is 2.62 bits per heavy atom. The molecule has 0 bridgehead atoms. The summed E-state index contributed by atoms with van der Waals surface area (Å²) in [6, 6.07) is -0.229. The highest BCUT2D eigenvalue weighted by molar-refractivity contribution is 5.16. The van der Waals surface area contributed by atoms with Crippen molar-refractivity contribution < 1.29 is 13.9 Å². The lowest BCUT2D eigenvalue weighted by Gasteiger charge is -2.38. The van der Waals surface area contributed by atoms with Crippen molar-refractivity contribution in [2.45, 2.75) is 64.2 Å². The molecule has 0 aromatic carbocycles. The molecule has 0 saturated carbocycles. The predicted octanol–water partition coefficient (Wildman–Crippen LogP) is 1.88. The first-order valence-electron chi connectivity index (χ1n) is 8.91. The lowest BCUT2D eigenvalue weighted by molar-refractivity contribution is 0.00266. The molecule has 1 N–H and O–H groups in total. The normalized spacial score (nSPS) is 26.3. The molecule has 0 unspecified atom stereocenters. The molecule has 0 radical (unpaired) electrons. The van der Waals surface area contributed by atoms with Crippen LogP contribution in [0.4, 0.5) is 8.78 Å². The van der Waals surface area contributed by atoms with Gasteiger partial charge in [-0.05, 0) is 39.8 Å². The minimum absolute atomic E-state index is 0.159. The maximum Gasteiger partial charge on any atom is 0.262 e. The van der Waals surface area contributed by atoms with Gasteiger partial charge in [-0.1, -0.05) is 0 Å². The van der Waals surface area contributed by atoms with Gasteiger partial charge < -0.3 is 5.11 Å². The average molecular weight is 342 g/mol. The van der Waals surface area contributed by atoms with Crippen LogP contribution in [0, 0.1) is 6.92 Å². The quantitative estimate of drug-likeness (QED) is 0.887. The van der Waals surface area contributed by atoms with Crippen molar-refractivity contribution in [3.05, 3.63) is 17.5 Å². The maximum atomic E-state index is 13.7. The molecule has 3 heterocycles. The van der Waals surface area contributed by atoms with Crippen LogP contribution in [0.2, 0.25) is 0 Å². The first-order chi connectivity index (χ1) is 11.4. The number of likely N-dealkylation sites (tertiary alicyclic amines) is 2. The summed E-state index contributed by atoms with van der Waals surface area (Å²) in [4.78, 5) is 4.22. The molecule has 7 heteroatoms. The Bertz CT molecular complexity index is 555. The number of aliphatic hydroxyl groups is 1. The van der Waals surface area contributed by atoms with E-state index in [1.807, 2.05) is 15.8 Å². The summed E-state index contributed by atoms with van der Waals surface area (Å²) < 4.78 is 29.3. The minimum Gasteiger partial charge on any atom is -0.395 e. The van der Waals surface area contributed by atoms with E-state index in [4.69, 9.17) is 0 Å². The third-order valence-corrected chi connectivity index (χ3v) is 5.55. The van der Waals surface area contributed by atoms with Gasteiger partial charge >= 0.3 is 0 Å². The second-order valence-corrected chi connectivity index (χ2v) is 7.15. The monoisotopic (exact) mass is 342 g/mol.